The molecule has 22 heavy (non-hydrogen) atoms. The van der Waals surface area contributed by atoms with Gasteiger partial charge < -0.3 is 15.4 Å². The van der Waals surface area contributed by atoms with Gasteiger partial charge in [0.1, 0.15) is 12.1 Å². The van der Waals surface area contributed by atoms with Crippen LogP contribution in [0.2, 0.25) is 0 Å². The molecule has 1 heterocycles. The lowest BCUT2D eigenvalue weighted by molar-refractivity contribution is -0.145. The van der Waals surface area contributed by atoms with Crippen molar-refractivity contribution in [2.75, 3.05) is 7.11 Å². The molecule has 0 unspecified atom stereocenters. The van der Waals surface area contributed by atoms with E-state index in [0.29, 0.717) is 25.7 Å². The molecule has 2 atom stereocenters. The van der Waals surface area contributed by atoms with Crippen LogP contribution in [0.4, 0.5) is 0 Å². The molecule has 1 aromatic carbocycles. The monoisotopic (exact) mass is 304 g/mol. The van der Waals surface area contributed by atoms with E-state index in [-0.39, 0.29) is 11.8 Å². The van der Waals surface area contributed by atoms with Gasteiger partial charge in [-0.3, -0.25) is 9.59 Å². The zero-order valence-corrected chi connectivity index (χ0v) is 12.5. The summed E-state index contributed by atoms with van der Waals surface area (Å²) in [5.41, 5.74) is 1.08. The highest BCUT2D eigenvalue weighted by molar-refractivity contribution is 5.93. The normalized spacial score (nSPS) is 18.4. The quantitative estimate of drug-likeness (QED) is 0.752. The van der Waals surface area contributed by atoms with E-state index < -0.39 is 18.1 Å². The Labute approximate surface area is 129 Å². The van der Waals surface area contributed by atoms with Gasteiger partial charge in [-0.2, -0.15) is 0 Å². The first-order valence-electron chi connectivity index (χ1n) is 7.31. The minimum Gasteiger partial charge on any atom is -0.467 e. The van der Waals surface area contributed by atoms with Crippen molar-refractivity contribution >= 4 is 17.8 Å². The van der Waals surface area contributed by atoms with Crippen molar-refractivity contribution in [1.29, 1.82) is 0 Å². The molecule has 2 rings (SSSR count). The maximum absolute atomic E-state index is 12.1. The molecule has 1 aromatic rings. The van der Waals surface area contributed by atoms with Crippen LogP contribution in [-0.4, -0.2) is 37.0 Å². The highest BCUT2D eigenvalue weighted by atomic mass is 16.5. The molecule has 2 amide bonds. The third-order valence-corrected chi connectivity index (χ3v) is 3.68. The lowest BCUT2D eigenvalue weighted by atomic mass is 10.0. The molecule has 118 valence electrons. The number of hydrogen-bond acceptors (Lipinski definition) is 4. The zero-order valence-electron chi connectivity index (χ0n) is 12.5. The maximum atomic E-state index is 12.1. The number of methoxy groups -OCH3 is 1. The van der Waals surface area contributed by atoms with Crippen LogP contribution in [0, 0.1) is 0 Å². The van der Waals surface area contributed by atoms with Gasteiger partial charge in [-0.05, 0) is 24.8 Å². The van der Waals surface area contributed by atoms with Gasteiger partial charge in [-0.1, -0.05) is 30.3 Å². The molecule has 1 aliphatic rings. The summed E-state index contributed by atoms with van der Waals surface area (Å²) in [4.78, 5) is 35.1. The number of amides is 2. The van der Waals surface area contributed by atoms with Crippen molar-refractivity contribution < 1.29 is 19.1 Å². The summed E-state index contributed by atoms with van der Waals surface area (Å²) in [6, 6.07) is 8.43. The van der Waals surface area contributed by atoms with E-state index in [1.165, 1.54) is 7.11 Å². The number of hydrogen-bond donors (Lipinski definition) is 2. The van der Waals surface area contributed by atoms with Crippen LogP contribution in [-0.2, 0) is 25.5 Å². The van der Waals surface area contributed by atoms with E-state index >= 15 is 0 Å². The summed E-state index contributed by atoms with van der Waals surface area (Å²) in [5.74, 6) is -0.957. The fraction of sp³-hybridized carbons (Fsp3) is 0.438. The summed E-state index contributed by atoms with van der Waals surface area (Å²) < 4.78 is 4.74. The van der Waals surface area contributed by atoms with E-state index in [1.54, 1.807) is 0 Å². The highest BCUT2D eigenvalue weighted by Gasteiger charge is 2.30. The maximum Gasteiger partial charge on any atom is 0.328 e. The van der Waals surface area contributed by atoms with Gasteiger partial charge in [0.25, 0.3) is 0 Å². The zero-order chi connectivity index (χ0) is 15.9. The van der Waals surface area contributed by atoms with E-state index in [2.05, 4.69) is 10.6 Å². The van der Waals surface area contributed by atoms with Crippen molar-refractivity contribution in [3.8, 4) is 0 Å². The molecule has 1 aliphatic heterocycles. The Balaban J connectivity index is 1.92. The van der Waals surface area contributed by atoms with Gasteiger partial charge in [-0.25, -0.2) is 4.79 Å². The lowest BCUT2D eigenvalue weighted by Crippen LogP contribution is -2.49. The SMILES string of the molecule is COC(=O)[C@H](CCc1ccccc1)NC(=O)[C@@H]1CCC(=O)N1. The number of benzene rings is 1. The molecule has 6 nitrogen and oxygen atoms in total. The third-order valence-electron chi connectivity index (χ3n) is 3.68. The van der Waals surface area contributed by atoms with Crippen LogP contribution in [0.3, 0.4) is 0 Å². The van der Waals surface area contributed by atoms with Crippen LogP contribution in [0.25, 0.3) is 0 Å². The number of rotatable bonds is 6. The standard InChI is InChI=1S/C16H20N2O4/c1-22-16(21)13(8-7-11-5-3-2-4-6-11)18-15(20)12-9-10-14(19)17-12/h2-6,12-13H,7-10H2,1H3,(H,17,19)(H,18,20)/t12-,13-/m0/s1. The summed E-state index contributed by atoms with van der Waals surface area (Å²) in [6.07, 6.45) is 1.89. The number of nitrogens with one attached hydrogen (secondary N) is 2. The van der Waals surface area contributed by atoms with Gasteiger partial charge in [0.2, 0.25) is 11.8 Å². The van der Waals surface area contributed by atoms with Crippen LogP contribution >= 0.6 is 0 Å². The van der Waals surface area contributed by atoms with Crippen molar-refractivity contribution in [3.63, 3.8) is 0 Å². The Morgan fingerprint density at radius 1 is 1.36 bits per heavy atom. The minimum absolute atomic E-state index is 0.140. The second-order valence-corrected chi connectivity index (χ2v) is 5.27. The molecule has 0 radical (unpaired) electrons. The smallest absolute Gasteiger partial charge is 0.328 e. The second-order valence-electron chi connectivity index (χ2n) is 5.27. The average molecular weight is 304 g/mol. The molecule has 0 saturated carbocycles. The molecule has 0 spiro atoms. The van der Waals surface area contributed by atoms with Gasteiger partial charge in [0, 0.05) is 6.42 Å². The summed E-state index contributed by atoms with van der Waals surface area (Å²) >= 11 is 0. The Hall–Kier alpha value is -2.37. The number of carbonyl (C=O) groups is 3. The largest absolute Gasteiger partial charge is 0.467 e. The Bertz CT molecular complexity index is 544. The predicted molar refractivity (Wildman–Crippen MR) is 79.9 cm³/mol. The van der Waals surface area contributed by atoms with Gasteiger partial charge in [0.05, 0.1) is 7.11 Å². The molecular weight excluding hydrogens is 284 g/mol. The lowest BCUT2D eigenvalue weighted by Gasteiger charge is -2.19. The second kappa shape index (κ2) is 7.59. The van der Waals surface area contributed by atoms with Gasteiger partial charge in [0.15, 0.2) is 0 Å². The number of carbonyl (C=O) groups excluding carboxylic acids is 3. The summed E-state index contributed by atoms with van der Waals surface area (Å²) in [6.45, 7) is 0. The predicted octanol–water partition coefficient (Wildman–Crippen LogP) is 0.556. The van der Waals surface area contributed by atoms with Crippen molar-refractivity contribution in [1.82, 2.24) is 10.6 Å². The van der Waals surface area contributed by atoms with Crippen molar-refractivity contribution in [2.45, 2.75) is 37.8 Å². The van der Waals surface area contributed by atoms with E-state index in [0.717, 1.165) is 5.56 Å². The molecule has 1 fully saturated rings. The van der Waals surface area contributed by atoms with Crippen LogP contribution < -0.4 is 10.6 Å². The van der Waals surface area contributed by atoms with Gasteiger partial charge >= 0.3 is 5.97 Å². The molecule has 6 heteroatoms. The molecule has 0 aromatic heterocycles. The molecule has 1 saturated heterocycles. The average Bonchev–Trinajstić information content (AvgIpc) is 2.98. The highest BCUT2D eigenvalue weighted by Crippen LogP contribution is 2.09. The topological polar surface area (TPSA) is 84.5 Å². The number of esters is 1. The fourth-order valence-electron chi connectivity index (χ4n) is 2.43. The number of ether oxygens (including phenoxy) is 1. The van der Waals surface area contributed by atoms with Gasteiger partial charge in [-0.15, -0.1) is 0 Å². The molecular formula is C16H20N2O4. The van der Waals surface area contributed by atoms with Crippen molar-refractivity contribution in [2.24, 2.45) is 0 Å². The van der Waals surface area contributed by atoms with Crippen molar-refractivity contribution in [3.05, 3.63) is 35.9 Å². The molecule has 2 N–H and O–H groups in total. The molecule has 0 aliphatic carbocycles. The Kier molecular flexibility index (Phi) is 5.52. The first-order chi connectivity index (χ1) is 10.6. The van der Waals surface area contributed by atoms with Crippen LogP contribution in [0.15, 0.2) is 30.3 Å². The Morgan fingerprint density at radius 2 is 2.09 bits per heavy atom. The fourth-order valence-corrected chi connectivity index (χ4v) is 2.43. The first kappa shape index (κ1) is 16.0. The number of aryl methyl sites for hydroxylation is 1. The van der Waals surface area contributed by atoms with E-state index in [9.17, 15) is 14.4 Å². The van der Waals surface area contributed by atoms with Crippen LogP contribution in [0.5, 0.6) is 0 Å². The Morgan fingerprint density at radius 3 is 2.68 bits per heavy atom. The summed E-state index contributed by atoms with van der Waals surface area (Å²) in [7, 11) is 1.29. The molecule has 0 bridgehead atoms. The third kappa shape index (κ3) is 4.31. The summed E-state index contributed by atoms with van der Waals surface area (Å²) in [5, 5.41) is 5.26. The van der Waals surface area contributed by atoms with E-state index in [4.69, 9.17) is 4.74 Å². The van der Waals surface area contributed by atoms with Crippen LogP contribution in [0.1, 0.15) is 24.8 Å². The van der Waals surface area contributed by atoms with E-state index in [1.807, 2.05) is 30.3 Å². The first-order valence-corrected chi connectivity index (χ1v) is 7.31. The minimum atomic E-state index is -0.713.